The minimum atomic E-state index is -0.335. The average molecular weight is 315 g/mol. The third kappa shape index (κ3) is 3.78. The van der Waals surface area contributed by atoms with Crippen LogP contribution in [0, 0.1) is 10.1 Å². The number of nitro groups is 1. The lowest BCUT2D eigenvalue weighted by molar-refractivity contribution is -0.385. The lowest BCUT2D eigenvalue weighted by Crippen LogP contribution is -2.40. The predicted molar refractivity (Wildman–Crippen MR) is 76.6 cm³/mol. The number of hydrogen-bond acceptors (Lipinski definition) is 3. The maximum atomic E-state index is 11.0. The number of halogens is 1. The van der Waals surface area contributed by atoms with Crippen LogP contribution in [0.4, 0.5) is 5.69 Å². The molecule has 1 N–H and O–H groups in total. The number of hydrogen-bond donors (Lipinski definition) is 1. The zero-order valence-corrected chi connectivity index (χ0v) is 12.6. The number of rotatable bonds is 6. The van der Waals surface area contributed by atoms with Crippen LogP contribution < -0.4 is 5.32 Å². The van der Waals surface area contributed by atoms with E-state index in [2.05, 4.69) is 42.0 Å². The number of nitro benzene ring substituents is 1. The van der Waals surface area contributed by atoms with Crippen LogP contribution in [-0.4, -0.2) is 10.5 Å². The Bertz CT molecular complexity index is 431. The number of nitrogens with zero attached hydrogens (tertiary/aromatic N) is 1. The molecule has 0 amide bonds. The molecule has 4 nitrogen and oxygen atoms in total. The van der Waals surface area contributed by atoms with Gasteiger partial charge in [-0.15, -0.1) is 0 Å². The van der Waals surface area contributed by atoms with Crippen LogP contribution in [0.3, 0.4) is 0 Å². The summed E-state index contributed by atoms with van der Waals surface area (Å²) < 4.78 is 0.861. The van der Waals surface area contributed by atoms with Gasteiger partial charge in [-0.25, -0.2) is 0 Å². The van der Waals surface area contributed by atoms with Gasteiger partial charge in [0.2, 0.25) is 0 Å². The molecule has 18 heavy (non-hydrogen) atoms. The van der Waals surface area contributed by atoms with Gasteiger partial charge in [-0.2, -0.15) is 0 Å². The summed E-state index contributed by atoms with van der Waals surface area (Å²) in [5.74, 6) is 0. The van der Waals surface area contributed by atoms with E-state index in [0.29, 0.717) is 12.1 Å². The summed E-state index contributed by atoms with van der Waals surface area (Å²) in [6.07, 6.45) is 1.98. The first-order chi connectivity index (χ1) is 8.41. The molecule has 0 heterocycles. The van der Waals surface area contributed by atoms with Gasteiger partial charge in [0.25, 0.3) is 5.69 Å². The molecule has 0 aliphatic heterocycles. The molecule has 1 aromatic rings. The molecule has 0 aliphatic carbocycles. The Morgan fingerprint density at radius 3 is 2.50 bits per heavy atom. The van der Waals surface area contributed by atoms with Gasteiger partial charge in [-0.3, -0.25) is 10.1 Å². The molecule has 0 saturated carbocycles. The quantitative estimate of drug-likeness (QED) is 0.637. The van der Waals surface area contributed by atoms with E-state index in [1.54, 1.807) is 12.1 Å². The highest BCUT2D eigenvalue weighted by molar-refractivity contribution is 9.10. The molecule has 100 valence electrons. The zero-order valence-electron chi connectivity index (χ0n) is 11.0. The van der Waals surface area contributed by atoms with Gasteiger partial charge in [0.1, 0.15) is 0 Å². The summed E-state index contributed by atoms with van der Waals surface area (Å²) in [6.45, 7) is 6.88. The van der Waals surface area contributed by atoms with Crippen molar-refractivity contribution in [2.24, 2.45) is 0 Å². The van der Waals surface area contributed by atoms with Crippen LogP contribution in [0.5, 0.6) is 0 Å². The van der Waals surface area contributed by atoms with Gasteiger partial charge >= 0.3 is 0 Å². The predicted octanol–water partition coefficient (Wildman–Crippen LogP) is 4.03. The molecule has 1 rings (SSSR count). The summed E-state index contributed by atoms with van der Waals surface area (Å²) in [5.41, 5.74) is 0.902. The van der Waals surface area contributed by atoms with E-state index in [0.717, 1.165) is 17.3 Å². The summed E-state index contributed by atoms with van der Waals surface area (Å²) in [5, 5.41) is 14.4. The van der Waals surface area contributed by atoms with Crippen molar-refractivity contribution in [1.29, 1.82) is 0 Å². The van der Waals surface area contributed by atoms with Gasteiger partial charge in [0.15, 0.2) is 0 Å². The van der Waals surface area contributed by atoms with Crippen LogP contribution in [0.15, 0.2) is 22.7 Å². The summed E-state index contributed by atoms with van der Waals surface area (Å²) in [4.78, 5) is 10.6. The van der Waals surface area contributed by atoms with E-state index in [9.17, 15) is 10.1 Å². The molecule has 0 aromatic heterocycles. The largest absolute Gasteiger partial charge is 0.307 e. The molecule has 0 bridgehead atoms. The molecule has 0 fully saturated rings. The molecular weight excluding hydrogens is 296 g/mol. The second kappa shape index (κ2) is 6.29. The van der Waals surface area contributed by atoms with Crippen LogP contribution in [0.1, 0.15) is 39.2 Å². The maximum Gasteiger partial charge on any atom is 0.273 e. The fraction of sp³-hybridized carbons (Fsp3) is 0.538. The average Bonchev–Trinajstić information content (AvgIpc) is 2.35. The van der Waals surface area contributed by atoms with Crippen molar-refractivity contribution in [3.05, 3.63) is 38.3 Å². The highest BCUT2D eigenvalue weighted by atomic mass is 79.9. The highest BCUT2D eigenvalue weighted by Crippen LogP contribution is 2.24. The Kier molecular flexibility index (Phi) is 5.28. The molecule has 0 atom stereocenters. The molecule has 0 aliphatic rings. The molecule has 0 spiro atoms. The van der Waals surface area contributed by atoms with Crippen molar-refractivity contribution in [2.45, 2.75) is 45.7 Å². The van der Waals surface area contributed by atoms with E-state index >= 15 is 0 Å². The molecule has 0 unspecified atom stereocenters. The molecule has 0 saturated heterocycles. The van der Waals surface area contributed by atoms with E-state index in [-0.39, 0.29) is 16.1 Å². The van der Waals surface area contributed by atoms with E-state index < -0.39 is 0 Å². The van der Waals surface area contributed by atoms with Gasteiger partial charge < -0.3 is 5.32 Å². The Morgan fingerprint density at radius 1 is 1.39 bits per heavy atom. The van der Waals surface area contributed by atoms with E-state index in [1.165, 1.54) is 6.07 Å². The third-order valence-electron chi connectivity index (χ3n) is 3.50. The van der Waals surface area contributed by atoms with Gasteiger partial charge in [0, 0.05) is 28.2 Å². The Labute approximate surface area is 116 Å². The highest BCUT2D eigenvalue weighted by Gasteiger charge is 2.21. The maximum absolute atomic E-state index is 11.0. The number of benzene rings is 1. The molecular formula is C13H19BrN2O2. The molecule has 5 heteroatoms. The Morgan fingerprint density at radius 2 is 2.00 bits per heavy atom. The standard InChI is InChI=1S/C13H19BrN2O2/c1-4-13(3,5-2)15-9-10-8-11(14)6-7-12(10)16(17)18/h6-8,15H,4-5,9H2,1-3H3. The lowest BCUT2D eigenvalue weighted by atomic mass is 9.95. The fourth-order valence-corrected chi connectivity index (χ4v) is 2.09. The smallest absolute Gasteiger partial charge is 0.273 e. The van der Waals surface area contributed by atoms with Crippen LogP contribution in [-0.2, 0) is 6.54 Å². The van der Waals surface area contributed by atoms with Gasteiger partial charge in [-0.05, 0) is 31.9 Å². The Balaban J connectivity index is 2.90. The monoisotopic (exact) mass is 314 g/mol. The van der Waals surface area contributed by atoms with Crippen molar-refractivity contribution < 1.29 is 4.92 Å². The first-order valence-electron chi connectivity index (χ1n) is 6.09. The first kappa shape index (κ1) is 15.1. The molecule has 0 radical (unpaired) electrons. The second-order valence-electron chi connectivity index (χ2n) is 4.65. The minimum Gasteiger partial charge on any atom is -0.307 e. The SMILES string of the molecule is CCC(C)(CC)NCc1cc(Br)ccc1[N+](=O)[O-]. The van der Waals surface area contributed by atoms with Crippen molar-refractivity contribution in [3.63, 3.8) is 0 Å². The van der Waals surface area contributed by atoms with E-state index in [4.69, 9.17) is 0 Å². The van der Waals surface area contributed by atoms with Crippen LogP contribution in [0.2, 0.25) is 0 Å². The summed E-state index contributed by atoms with van der Waals surface area (Å²) >= 11 is 3.35. The van der Waals surface area contributed by atoms with Gasteiger partial charge in [0.05, 0.1) is 4.92 Å². The second-order valence-corrected chi connectivity index (χ2v) is 5.57. The summed E-state index contributed by atoms with van der Waals surface area (Å²) in [6, 6.07) is 5.04. The van der Waals surface area contributed by atoms with Crippen molar-refractivity contribution in [1.82, 2.24) is 5.32 Å². The number of nitrogens with one attached hydrogen (secondary N) is 1. The normalized spacial score (nSPS) is 11.6. The van der Waals surface area contributed by atoms with Crippen molar-refractivity contribution >= 4 is 21.6 Å². The topological polar surface area (TPSA) is 55.2 Å². The Hall–Kier alpha value is -0.940. The van der Waals surface area contributed by atoms with Crippen molar-refractivity contribution in [3.8, 4) is 0 Å². The first-order valence-corrected chi connectivity index (χ1v) is 6.89. The van der Waals surface area contributed by atoms with Crippen molar-refractivity contribution in [2.75, 3.05) is 0 Å². The van der Waals surface area contributed by atoms with Crippen LogP contribution in [0.25, 0.3) is 0 Å². The zero-order chi connectivity index (χ0) is 13.8. The third-order valence-corrected chi connectivity index (χ3v) is 4.00. The minimum absolute atomic E-state index is 0.0240. The molecule has 1 aromatic carbocycles. The van der Waals surface area contributed by atoms with E-state index in [1.807, 2.05) is 0 Å². The fourth-order valence-electron chi connectivity index (χ4n) is 1.68. The lowest BCUT2D eigenvalue weighted by Gasteiger charge is -2.28. The van der Waals surface area contributed by atoms with Crippen LogP contribution >= 0.6 is 15.9 Å². The summed E-state index contributed by atoms with van der Waals surface area (Å²) in [7, 11) is 0. The van der Waals surface area contributed by atoms with Gasteiger partial charge in [-0.1, -0.05) is 29.8 Å².